The molecule has 0 saturated heterocycles. The molecular formula is C26H30N4O6. The second-order valence-corrected chi connectivity index (χ2v) is 9.17. The molecule has 0 unspecified atom stereocenters. The SMILES string of the molecule is COCCn1c(N)c(N(Cc2ccccc2)C(=O)COc2cccc3c2OC(C)(C)C3)c(=O)[nH]c1=O. The van der Waals surface area contributed by atoms with Gasteiger partial charge in [0.05, 0.1) is 19.7 Å². The van der Waals surface area contributed by atoms with E-state index in [9.17, 15) is 14.4 Å². The summed E-state index contributed by atoms with van der Waals surface area (Å²) in [5.41, 5.74) is 6.09. The highest BCUT2D eigenvalue weighted by Gasteiger charge is 2.33. The van der Waals surface area contributed by atoms with Crippen molar-refractivity contribution in [3.63, 3.8) is 0 Å². The zero-order chi connectivity index (χ0) is 25.9. The van der Waals surface area contributed by atoms with Crippen molar-refractivity contribution in [2.75, 3.05) is 31.0 Å². The molecule has 0 aliphatic carbocycles. The molecule has 0 saturated carbocycles. The Hall–Kier alpha value is -4.05. The number of nitrogens with two attached hydrogens (primary N) is 1. The standard InChI is InChI=1S/C26H30N4O6/c1-26(2)14-18-10-7-11-19(22(18)36-26)35-16-20(31)30(15-17-8-5-4-6-9-17)21-23(27)29(12-13-34-3)25(33)28-24(21)32/h4-11H,12-16,27H2,1-3H3,(H,28,32,33). The fraction of sp³-hybridized carbons (Fsp3) is 0.346. The summed E-state index contributed by atoms with van der Waals surface area (Å²) in [6.07, 6.45) is 0.725. The number of ether oxygens (including phenoxy) is 3. The number of benzene rings is 2. The van der Waals surface area contributed by atoms with E-state index in [1.807, 2.05) is 56.3 Å². The molecule has 2 heterocycles. The molecule has 190 valence electrons. The number of para-hydroxylation sites is 1. The monoisotopic (exact) mass is 494 g/mol. The van der Waals surface area contributed by atoms with Gasteiger partial charge in [-0.25, -0.2) is 4.79 Å². The molecule has 0 bridgehead atoms. The molecule has 2 aromatic carbocycles. The highest BCUT2D eigenvalue weighted by molar-refractivity contribution is 5.96. The van der Waals surface area contributed by atoms with Gasteiger partial charge in [-0.15, -0.1) is 0 Å². The quantitative estimate of drug-likeness (QED) is 0.466. The fourth-order valence-electron chi connectivity index (χ4n) is 4.22. The maximum absolute atomic E-state index is 13.5. The van der Waals surface area contributed by atoms with E-state index >= 15 is 0 Å². The molecule has 1 aromatic heterocycles. The largest absolute Gasteiger partial charge is 0.483 e. The number of rotatable bonds is 9. The van der Waals surface area contributed by atoms with Gasteiger partial charge in [0, 0.05) is 19.1 Å². The van der Waals surface area contributed by atoms with Crippen molar-refractivity contribution < 1.29 is 19.0 Å². The summed E-state index contributed by atoms with van der Waals surface area (Å²) in [5, 5.41) is 0. The lowest BCUT2D eigenvalue weighted by atomic mass is 10.0. The van der Waals surface area contributed by atoms with E-state index in [0.29, 0.717) is 11.5 Å². The van der Waals surface area contributed by atoms with E-state index in [1.54, 1.807) is 6.07 Å². The molecule has 4 rings (SSSR count). The third-order valence-electron chi connectivity index (χ3n) is 5.89. The van der Waals surface area contributed by atoms with Crippen LogP contribution in [0.4, 0.5) is 11.5 Å². The van der Waals surface area contributed by atoms with E-state index in [2.05, 4.69) is 4.98 Å². The molecule has 0 fully saturated rings. The summed E-state index contributed by atoms with van der Waals surface area (Å²) in [7, 11) is 1.49. The minimum atomic E-state index is -0.763. The first kappa shape index (κ1) is 25.1. The van der Waals surface area contributed by atoms with Crippen molar-refractivity contribution in [2.24, 2.45) is 0 Å². The van der Waals surface area contributed by atoms with Gasteiger partial charge >= 0.3 is 5.69 Å². The normalized spacial score (nSPS) is 13.6. The molecule has 0 atom stereocenters. The summed E-state index contributed by atoms with van der Waals surface area (Å²) in [6, 6.07) is 14.7. The lowest BCUT2D eigenvalue weighted by Crippen LogP contribution is -2.42. The Bertz CT molecular complexity index is 1360. The third-order valence-corrected chi connectivity index (χ3v) is 5.89. The van der Waals surface area contributed by atoms with Crippen LogP contribution in [0.3, 0.4) is 0 Å². The number of nitrogen functional groups attached to an aromatic ring is 1. The zero-order valence-corrected chi connectivity index (χ0v) is 20.6. The Balaban J connectivity index is 1.67. The second-order valence-electron chi connectivity index (χ2n) is 9.17. The average Bonchev–Trinajstić information content (AvgIpc) is 3.16. The average molecular weight is 495 g/mol. The van der Waals surface area contributed by atoms with Gasteiger partial charge in [-0.05, 0) is 25.5 Å². The van der Waals surface area contributed by atoms with Crippen LogP contribution in [0.15, 0.2) is 58.1 Å². The number of H-pyrrole nitrogens is 1. The summed E-state index contributed by atoms with van der Waals surface area (Å²) in [6.45, 7) is 3.95. The Morgan fingerprint density at radius 2 is 1.92 bits per heavy atom. The summed E-state index contributed by atoms with van der Waals surface area (Å²) in [4.78, 5) is 42.3. The smallest absolute Gasteiger partial charge is 0.330 e. The lowest BCUT2D eigenvalue weighted by molar-refractivity contribution is -0.120. The Morgan fingerprint density at radius 1 is 1.17 bits per heavy atom. The van der Waals surface area contributed by atoms with Crippen molar-refractivity contribution in [3.05, 3.63) is 80.5 Å². The number of nitrogens with zero attached hydrogens (tertiary/aromatic N) is 2. The Morgan fingerprint density at radius 3 is 2.64 bits per heavy atom. The second kappa shape index (κ2) is 10.3. The van der Waals surface area contributed by atoms with E-state index in [-0.39, 0.29) is 43.4 Å². The summed E-state index contributed by atoms with van der Waals surface area (Å²) in [5.74, 6) is 0.409. The van der Waals surface area contributed by atoms with Crippen LogP contribution in [0.1, 0.15) is 25.0 Å². The molecule has 10 nitrogen and oxygen atoms in total. The van der Waals surface area contributed by atoms with E-state index < -0.39 is 17.2 Å². The number of nitrogens with one attached hydrogen (secondary N) is 1. The Kier molecular flexibility index (Phi) is 7.16. The van der Waals surface area contributed by atoms with Gasteiger partial charge in [0.2, 0.25) is 0 Å². The molecule has 36 heavy (non-hydrogen) atoms. The number of amides is 1. The van der Waals surface area contributed by atoms with E-state index in [4.69, 9.17) is 19.9 Å². The van der Waals surface area contributed by atoms with Crippen LogP contribution in [0.5, 0.6) is 11.5 Å². The number of aromatic amines is 1. The maximum Gasteiger partial charge on any atom is 0.330 e. The van der Waals surface area contributed by atoms with E-state index in [0.717, 1.165) is 17.5 Å². The van der Waals surface area contributed by atoms with Crippen LogP contribution in [0.2, 0.25) is 0 Å². The van der Waals surface area contributed by atoms with Gasteiger partial charge in [0.25, 0.3) is 11.5 Å². The molecule has 3 aromatic rings. The summed E-state index contributed by atoms with van der Waals surface area (Å²) >= 11 is 0. The van der Waals surface area contributed by atoms with Crippen molar-refractivity contribution in [3.8, 4) is 11.5 Å². The molecule has 1 amide bonds. The highest BCUT2D eigenvalue weighted by Crippen LogP contribution is 2.41. The highest BCUT2D eigenvalue weighted by atomic mass is 16.5. The zero-order valence-electron chi connectivity index (χ0n) is 20.6. The molecule has 0 radical (unpaired) electrons. The molecule has 10 heteroatoms. The van der Waals surface area contributed by atoms with Crippen LogP contribution in [0.25, 0.3) is 0 Å². The number of carbonyl (C=O) groups excluding carboxylic acids is 1. The molecule has 1 aliphatic rings. The minimum absolute atomic E-state index is 0.0508. The van der Waals surface area contributed by atoms with Crippen LogP contribution in [0, 0.1) is 0 Å². The number of methoxy groups -OCH3 is 1. The van der Waals surface area contributed by atoms with Crippen molar-refractivity contribution in [2.45, 2.75) is 39.0 Å². The van der Waals surface area contributed by atoms with Gasteiger partial charge < -0.3 is 19.9 Å². The number of hydrogen-bond acceptors (Lipinski definition) is 7. The van der Waals surface area contributed by atoms with Gasteiger partial charge in [-0.3, -0.25) is 24.0 Å². The van der Waals surface area contributed by atoms with Gasteiger partial charge in [0.1, 0.15) is 11.4 Å². The number of fused-ring (bicyclic) bond motifs is 1. The number of aromatic nitrogens is 2. The van der Waals surface area contributed by atoms with Crippen molar-refractivity contribution >= 4 is 17.4 Å². The van der Waals surface area contributed by atoms with Gasteiger partial charge in [0.15, 0.2) is 23.8 Å². The van der Waals surface area contributed by atoms with Crippen molar-refractivity contribution in [1.82, 2.24) is 9.55 Å². The minimum Gasteiger partial charge on any atom is -0.483 e. The molecule has 0 spiro atoms. The van der Waals surface area contributed by atoms with Crippen molar-refractivity contribution in [1.29, 1.82) is 0 Å². The molecule has 1 aliphatic heterocycles. The van der Waals surface area contributed by atoms with Gasteiger partial charge in [-0.2, -0.15) is 0 Å². The first-order chi connectivity index (χ1) is 17.2. The van der Waals surface area contributed by atoms with Crippen LogP contribution in [-0.4, -0.2) is 41.4 Å². The van der Waals surface area contributed by atoms with Gasteiger partial charge in [-0.1, -0.05) is 42.5 Å². The fourth-order valence-corrected chi connectivity index (χ4v) is 4.22. The molecule has 3 N–H and O–H groups in total. The third kappa shape index (κ3) is 5.28. The predicted octanol–water partition coefficient (Wildman–Crippen LogP) is 2.09. The number of carbonyl (C=O) groups is 1. The lowest BCUT2D eigenvalue weighted by Gasteiger charge is -2.25. The number of anilines is 2. The predicted molar refractivity (Wildman–Crippen MR) is 136 cm³/mol. The van der Waals surface area contributed by atoms with Crippen LogP contribution in [-0.2, 0) is 29.0 Å². The Labute approximate surface area is 208 Å². The molecular weight excluding hydrogens is 464 g/mol. The maximum atomic E-state index is 13.5. The van der Waals surface area contributed by atoms with E-state index in [1.165, 1.54) is 16.6 Å². The number of hydrogen-bond donors (Lipinski definition) is 2. The van der Waals surface area contributed by atoms with Crippen LogP contribution < -0.4 is 31.4 Å². The topological polar surface area (TPSA) is 129 Å². The first-order valence-corrected chi connectivity index (χ1v) is 11.6. The van der Waals surface area contributed by atoms with Crippen LogP contribution >= 0.6 is 0 Å². The first-order valence-electron chi connectivity index (χ1n) is 11.6. The summed E-state index contributed by atoms with van der Waals surface area (Å²) < 4.78 is 18.1.